The van der Waals surface area contributed by atoms with Crippen molar-refractivity contribution in [3.63, 3.8) is 0 Å². The zero-order valence-corrected chi connectivity index (χ0v) is 20.8. The number of hydrogen-bond donors (Lipinski definition) is 0. The second-order valence-corrected chi connectivity index (χ2v) is 9.93. The number of rotatable bonds is 6. The molecular weight excluding hydrogens is 479 g/mol. The fourth-order valence-electron chi connectivity index (χ4n) is 3.83. The van der Waals surface area contributed by atoms with Gasteiger partial charge in [-0.15, -0.1) is 11.3 Å². The van der Waals surface area contributed by atoms with Crippen molar-refractivity contribution in [3.05, 3.63) is 74.6 Å². The molecule has 1 saturated heterocycles. The SMILES string of the molecule is COc1cc(Cl)ccc1C(=O)c1cc(CC(=O)N2CCN(C)CC2)c(-c2ccc(Cl)cc2)s1. The molecule has 2 heterocycles. The Hall–Kier alpha value is -2.38. The molecule has 1 aromatic heterocycles. The number of benzene rings is 2. The Morgan fingerprint density at radius 1 is 0.970 bits per heavy atom. The second-order valence-electron chi connectivity index (χ2n) is 8.01. The summed E-state index contributed by atoms with van der Waals surface area (Å²) in [5.74, 6) is 0.324. The van der Waals surface area contributed by atoms with Crippen LogP contribution in [0.25, 0.3) is 10.4 Å². The van der Waals surface area contributed by atoms with Crippen LogP contribution in [0.4, 0.5) is 0 Å². The highest BCUT2D eigenvalue weighted by Crippen LogP contribution is 2.36. The van der Waals surface area contributed by atoms with Crippen LogP contribution in [0.15, 0.2) is 48.5 Å². The van der Waals surface area contributed by atoms with Gasteiger partial charge in [0.1, 0.15) is 5.75 Å². The van der Waals surface area contributed by atoms with Crippen LogP contribution in [0.2, 0.25) is 10.0 Å². The number of thiophene rings is 1. The largest absolute Gasteiger partial charge is 0.496 e. The standard InChI is InChI=1S/C25H24Cl2N2O3S/c1-28-9-11-29(12-10-28)23(30)14-17-13-22(33-25(17)16-3-5-18(26)6-4-16)24(31)20-8-7-19(27)15-21(20)32-2/h3-8,13,15H,9-12,14H2,1-2H3. The maximum Gasteiger partial charge on any atom is 0.227 e. The first kappa shape index (κ1) is 23.8. The monoisotopic (exact) mass is 502 g/mol. The number of carbonyl (C=O) groups excluding carboxylic acids is 2. The third-order valence-electron chi connectivity index (χ3n) is 5.75. The average molecular weight is 503 g/mol. The Bertz CT molecular complexity index is 1170. The van der Waals surface area contributed by atoms with Gasteiger partial charge in [-0.1, -0.05) is 35.3 Å². The van der Waals surface area contributed by atoms with E-state index in [9.17, 15) is 9.59 Å². The molecule has 5 nitrogen and oxygen atoms in total. The number of likely N-dealkylation sites (N-methyl/N-ethyl adjacent to an activating group) is 1. The Kier molecular flexibility index (Phi) is 7.39. The molecule has 0 N–H and O–H groups in total. The molecule has 1 amide bonds. The topological polar surface area (TPSA) is 49.9 Å². The molecule has 0 saturated carbocycles. The van der Waals surface area contributed by atoms with Crippen LogP contribution in [-0.2, 0) is 11.2 Å². The summed E-state index contributed by atoms with van der Waals surface area (Å²) in [6, 6.07) is 14.2. The maximum absolute atomic E-state index is 13.4. The summed E-state index contributed by atoms with van der Waals surface area (Å²) in [6.45, 7) is 3.14. The van der Waals surface area contributed by atoms with E-state index in [4.69, 9.17) is 27.9 Å². The predicted octanol–water partition coefficient (Wildman–Crippen LogP) is 5.28. The summed E-state index contributed by atoms with van der Waals surface area (Å²) >= 11 is 13.5. The summed E-state index contributed by atoms with van der Waals surface area (Å²) in [5, 5.41) is 1.13. The highest BCUT2D eigenvalue weighted by Gasteiger charge is 2.24. The van der Waals surface area contributed by atoms with Gasteiger partial charge in [0.25, 0.3) is 0 Å². The second kappa shape index (κ2) is 10.3. The van der Waals surface area contributed by atoms with Gasteiger partial charge < -0.3 is 14.5 Å². The molecule has 0 atom stereocenters. The number of nitrogens with zero attached hydrogens (tertiary/aromatic N) is 2. The predicted molar refractivity (Wildman–Crippen MR) is 134 cm³/mol. The van der Waals surface area contributed by atoms with Crippen molar-refractivity contribution < 1.29 is 14.3 Å². The lowest BCUT2D eigenvalue weighted by molar-refractivity contribution is -0.132. The third-order valence-corrected chi connectivity index (χ3v) is 7.46. The molecule has 33 heavy (non-hydrogen) atoms. The first-order chi connectivity index (χ1) is 15.9. The summed E-state index contributed by atoms with van der Waals surface area (Å²) in [7, 11) is 3.57. The quantitative estimate of drug-likeness (QED) is 0.430. The molecule has 0 bridgehead atoms. The van der Waals surface area contributed by atoms with Gasteiger partial charge in [-0.2, -0.15) is 0 Å². The number of ketones is 1. The third kappa shape index (κ3) is 5.41. The van der Waals surface area contributed by atoms with Crippen LogP contribution < -0.4 is 4.74 Å². The number of carbonyl (C=O) groups is 2. The lowest BCUT2D eigenvalue weighted by Gasteiger charge is -2.32. The van der Waals surface area contributed by atoms with E-state index in [1.165, 1.54) is 18.4 Å². The molecule has 0 unspecified atom stereocenters. The van der Waals surface area contributed by atoms with E-state index >= 15 is 0 Å². The highest BCUT2D eigenvalue weighted by molar-refractivity contribution is 7.17. The summed E-state index contributed by atoms with van der Waals surface area (Å²) in [6.07, 6.45) is 0.239. The van der Waals surface area contributed by atoms with Crippen LogP contribution in [0.1, 0.15) is 20.8 Å². The molecular formula is C25H24Cl2N2O3S. The zero-order chi connectivity index (χ0) is 23.5. The molecule has 2 aromatic carbocycles. The van der Waals surface area contributed by atoms with Crippen LogP contribution in [-0.4, -0.2) is 61.8 Å². The molecule has 0 radical (unpaired) electrons. The van der Waals surface area contributed by atoms with Gasteiger partial charge in [0.15, 0.2) is 0 Å². The van der Waals surface area contributed by atoms with Gasteiger partial charge in [0.05, 0.1) is 24.0 Å². The fraction of sp³-hybridized carbons (Fsp3) is 0.280. The Morgan fingerprint density at radius 2 is 1.64 bits per heavy atom. The molecule has 3 aromatic rings. The normalized spacial score (nSPS) is 14.4. The van der Waals surface area contributed by atoms with Gasteiger partial charge >= 0.3 is 0 Å². The molecule has 172 valence electrons. The van der Waals surface area contributed by atoms with E-state index in [1.807, 2.05) is 35.2 Å². The maximum atomic E-state index is 13.4. The minimum absolute atomic E-state index is 0.0687. The molecule has 8 heteroatoms. The number of amides is 1. The molecule has 0 spiro atoms. The molecule has 1 aliphatic heterocycles. The van der Waals surface area contributed by atoms with E-state index < -0.39 is 0 Å². The van der Waals surface area contributed by atoms with Gasteiger partial charge in [-0.3, -0.25) is 9.59 Å². The first-order valence-corrected chi connectivity index (χ1v) is 12.2. The summed E-state index contributed by atoms with van der Waals surface area (Å²) in [4.78, 5) is 32.0. The van der Waals surface area contributed by atoms with Crippen molar-refractivity contribution in [1.29, 1.82) is 0 Å². The molecule has 0 aliphatic carbocycles. The van der Waals surface area contributed by atoms with Crippen LogP contribution >= 0.6 is 34.5 Å². The van der Waals surface area contributed by atoms with E-state index in [2.05, 4.69) is 11.9 Å². The van der Waals surface area contributed by atoms with E-state index in [0.717, 1.165) is 29.1 Å². The number of halogens is 2. The molecule has 1 aliphatic rings. The molecule has 4 rings (SSSR count). The number of ether oxygens (including phenoxy) is 1. The van der Waals surface area contributed by atoms with Gasteiger partial charge in [0, 0.05) is 41.1 Å². The molecule has 1 fully saturated rings. The number of methoxy groups -OCH3 is 1. The van der Waals surface area contributed by atoms with E-state index in [0.29, 0.717) is 39.3 Å². The van der Waals surface area contributed by atoms with Crippen molar-refractivity contribution in [2.75, 3.05) is 40.3 Å². The van der Waals surface area contributed by atoms with Crippen molar-refractivity contribution in [3.8, 4) is 16.2 Å². The van der Waals surface area contributed by atoms with Gasteiger partial charge in [0.2, 0.25) is 11.7 Å². The minimum atomic E-state index is -0.165. The fourth-order valence-corrected chi connectivity index (χ4v) is 5.26. The van der Waals surface area contributed by atoms with Gasteiger partial charge in [-0.25, -0.2) is 0 Å². The summed E-state index contributed by atoms with van der Waals surface area (Å²) < 4.78 is 5.38. The number of hydrogen-bond acceptors (Lipinski definition) is 5. The van der Waals surface area contributed by atoms with Crippen molar-refractivity contribution in [2.45, 2.75) is 6.42 Å². The van der Waals surface area contributed by atoms with Crippen LogP contribution in [0.3, 0.4) is 0 Å². The van der Waals surface area contributed by atoms with Gasteiger partial charge in [-0.05, 0) is 54.6 Å². The van der Waals surface area contributed by atoms with Crippen molar-refractivity contribution >= 4 is 46.2 Å². The Labute approximate surface area is 207 Å². The number of piperazine rings is 1. The van der Waals surface area contributed by atoms with E-state index in [-0.39, 0.29) is 18.1 Å². The Balaban J connectivity index is 1.69. The first-order valence-electron chi connectivity index (χ1n) is 10.6. The average Bonchev–Trinajstić information content (AvgIpc) is 3.23. The zero-order valence-electron chi connectivity index (χ0n) is 18.4. The lowest BCUT2D eigenvalue weighted by Crippen LogP contribution is -2.47. The van der Waals surface area contributed by atoms with Crippen molar-refractivity contribution in [2.24, 2.45) is 0 Å². The van der Waals surface area contributed by atoms with Crippen LogP contribution in [0, 0.1) is 0 Å². The lowest BCUT2D eigenvalue weighted by atomic mass is 10.0. The van der Waals surface area contributed by atoms with Crippen molar-refractivity contribution in [1.82, 2.24) is 9.80 Å². The van der Waals surface area contributed by atoms with E-state index in [1.54, 1.807) is 18.2 Å². The van der Waals surface area contributed by atoms with Crippen LogP contribution in [0.5, 0.6) is 5.75 Å². The minimum Gasteiger partial charge on any atom is -0.496 e. The summed E-state index contributed by atoms with van der Waals surface area (Å²) in [5.41, 5.74) is 2.19. The Morgan fingerprint density at radius 3 is 2.30 bits per heavy atom. The highest BCUT2D eigenvalue weighted by atomic mass is 35.5. The smallest absolute Gasteiger partial charge is 0.227 e.